The van der Waals surface area contributed by atoms with Gasteiger partial charge >= 0.3 is 0 Å². The van der Waals surface area contributed by atoms with Gasteiger partial charge in [0.05, 0.1) is 0 Å². The van der Waals surface area contributed by atoms with Gasteiger partial charge in [0.2, 0.25) is 0 Å². The van der Waals surface area contributed by atoms with Gasteiger partial charge in [-0.15, -0.1) is 11.8 Å². The Balaban J connectivity index is 1.48. The molecule has 2 aliphatic carbocycles. The molecule has 0 bridgehead atoms. The molecule has 0 N–H and O–H groups in total. The Labute approximate surface area is 237 Å². The fraction of sp³-hybridized carbons (Fsp3) is 0.500. The Morgan fingerprint density at radius 2 is 1.66 bits per heavy atom. The molecule has 1 nitrogen and oxygen atoms in total. The van der Waals surface area contributed by atoms with E-state index in [1.54, 1.807) is 17.3 Å². The molecule has 0 radical (unpaired) electrons. The third-order valence-corrected chi connectivity index (χ3v) is 10.1. The molecular weight excluding hydrogens is 478 g/mol. The summed E-state index contributed by atoms with van der Waals surface area (Å²) in [6.07, 6.45) is 13.0. The van der Waals surface area contributed by atoms with Crippen molar-refractivity contribution in [1.29, 1.82) is 0 Å². The SMILES string of the molecule is C=C(C)CSC(=C)c1cccc(N(CC2CCC(c3ccc(CC)c(C)c3)CC2)C(=C)C2CCCCC2)c1. The number of anilines is 1. The average molecular weight is 528 g/mol. The van der Waals surface area contributed by atoms with Crippen LogP contribution >= 0.6 is 11.8 Å². The van der Waals surface area contributed by atoms with Gasteiger partial charge in [-0.3, -0.25) is 0 Å². The first-order valence-corrected chi connectivity index (χ1v) is 16.0. The zero-order valence-corrected chi connectivity index (χ0v) is 25.1. The van der Waals surface area contributed by atoms with Crippen LogP contribution in [0.1, 0.15) is 99.8 Å². The van der Waals surface area contributed by atoms with Gasteiger partial charge in [0.25, 0.3) is 0 Å². The number of hydrogen-bond donors (Lipinski definition) is 0. The summed E-state index contributed by atoms with van der Waals surface area (Å²) in [5.41, 5.74) is 9.56. The smallest absolute Gasteiger partial charge is 0.0414 e. The molecule has 0 atom stereocenters. The number of rotatable bonds is 11. The van der Waals surface area contributed by atoms with Crippen molar-refractivity contribution in [3.8, 4) is 0 Å². The van der Waals surface area contributed by atoms with Crippen LogP contribution in [-0.4, -0.2) is 12.3 Å². The predicted molar refractivity (Wildman–Crippen MR) is 171 cm³/mol. The van der Waals surface area contributed by atoms with Crippen molar-refractivity contribution in [1.82, 2.24) is 0 Å². The Morgan fingerprint density at radius 1 is 0.921 bits per heavy atom. The van der Waals surface area contributed by atoms with Gasteiger partial charge in [0.15, 0.2) is 0 Å². The lowest BCUT2D eigenvalue weighted by molar-refractivity contribution is 0.323. The second kappa shape index (κ2) is 13.7. The number of nitrogens with zero attached hydrogens (tertiary/aromatic N) is 1. The van der Waals surface area contributed by atoms with Crippen LogP contribution < -0.4 is 4.90 Å². The van der Waals surface area contributed by atoms with Crippen LogP contribution in [0.25, 0.3) is 4.91 Å². The standard InChI is InChI=1S/C36H49NS/c1-7-31-20-21-35(22-27(31)4)33-18-16-30(17-19-33)24-37(28(5)32-12-9-8-10-13-32)36-15-11-14-34(23-36)29(6)38-25-26(2)3/h11,14-15,20-23,30,32-33H,2,5-10,12-13,16-19,24-25H2,1,3-4H3. The Bertz CT molecular complexity index is 1110. The number of hydrogen-bond acceptors (Lipinski definition) is 2. The second-order valence-electron chi connectivity index (χ2n) is 11.9. The molecule has 2 aliphatic rings. The number of aryl methyl sites for hydroxylation is 2. The maximum absolute atomic E-state index is 4.73. The second-order valence-corrected chi connectivity index (χ2v) is 13.0. The molecule has 2 saturated carbocycles. The summed E-state index contributed by atoms with van der Waals surface area (Å²) in [6.45, 7) is 20.9. The molecule has 0 aromatic heterocycles. The largest absolute Gasteiger partial charge is 0.345 e. The third kappa shape index (κ3) is 7.47. The summed E-state index contributed by atoms with van der Waals surface area (Å²) in [5.74, 6) is 2.96. The molecule has 0 spiro atoms. The highest BCUT2D eigenvalue weighted by Crippen LogP contribution is 2.40. The molecule has 0 amide bonds. The van der Waals surface area contributed by atoms with E-state index in [2.05, 4.69) is 81.3 Å². The Kier molecular flexibility index (Phi) is 10.4. The van der Waals surface area contributed by atoms with Crippen molar-refractivity contribution in [2.75, 3.05) is 17.2 Å². The summed E-state index contributed by atoms with van der Waals surface area (Å²) in [4.78, 5) is 3.73. The van der Waals surface area contributed by atoms with Crippen molar-refractivity contribution in [2.24, 2.45) is 11.8 Å². The van der Waals surface area contributed by atoms with Crippen molar-refractivity contribution in [3.63, 3.8) is 0 Å². The number of allylic oxidation sites excluding steroid dienone is 1. The monoisotopic (exact) mass is 527 g/mol. The van der Waals surface area contributed by atoms with E-state index < -0.39 is 0 Å². The van der Waals surface area contributed by atoms with E-state index in [9.17, 15) is 0 Å². The maximum atomic E-state index is 4.73. The fourth-order valence-electron chi connectivity index (χ4n) is 6.49. The van der Waals surface area contributed by atoms with Gasteiger partial charge in [-0.25, -0.2) is 0 Å². The molecule has 2 aromatic carbocycles. The molecule has 0 aliphatic heterocycles. The first kappa shape index (κ1) is 28.8. The molecule has 204 valence electrons. The summed E-state index contributed by atoms with van der Waals surface area (Å²) >= 11 is 1.80. The summed E-state index contributed by atoms with van der Waals surface area (Å²) in [5, 5.41) is 0. The molecule has 0 unspecified atom stereocenters. The number of thioether (sulfide) groups is 1. The topological polar surface area (TPSA) is 3.24 Å². The lowest BCUT2D eigenvalue weighted by Crippen LogP contribution is -2.34. The molecule has 2 aromatic rings. The molecule has 2 heteroatoms. The summed E-state index contributed by atoms with van der Waals surface area (Å²) in [7, 11) is 0. The van der Waals surface area contributed by atoms with Crippen molar-refractivity contribution in [3.05, 3.63) is 95.7 Å². The Morgan fingerprint density at radius 3 is 2.32 bits per heavy atom. The minimum atomic E-state index is 0.616. The fourth-order valence-corrected chi connectivity index (χ4v) is 7.21. The maximum Gasteiger partial charge on any atom is 0.0414 e. The van der Waals surface area contributed by atoms with E-state index in [0.717, 1.165) is 23.6 Å². The third-order valence-electron chi connectivity index (χ3n) is 8.90. The molecule has 2 fully saturated rings. The molecule has 4 rings (SSSR count). The van der Waals surface area contributed by atoms with Crippen LogP contribution in [0.2, 0.25) is 0 Å². The highest BCUT2D eigenvalue weighted by Gasteiger charge is 2.28. The molecular formula is C36H49NS. The Hall–Kier alpha value is -2.19. The van der Waals surface area contributed by atoms with Crippen LogP contribution in [0.5, 0.6) is 0 Å². The normalized spacial score (nSPS) is 20.2. The van der Waals surface area contributed by atoms with Crippen molar-refractivity contribution < 1.29 is 0 Å². The van der Waals surface area contributed by atoms with E-state index in [-0.39, 0.29) is 0 Å². The first-order chi connectivity index (χ1) is 18.4. The molecule has 0 saturated heterocycles. The lowest BCUT2D eigenvalue weighted by atomic mass is 9.77. The lowest BCUT2D eigenvalue weighted by Gasteiger charge is -2.38. The minimum Gasteiger partial charge on any atom is -0.345 e. The van der Waals surface area contributed by atoms with E-state index >= 15 is 0 Å². The summed E-state index contributed by atoms with van der Waals surface area (Å²) in [6, 6.07) is 16.3. The zero-order valence-electron chi connectivity index (χ0n) is 24.2. The van der Waals surface area contributed by atoms with E-state index in [1.165, 1.54) is 91.4 Å². The quantitative estimate of drug-likeness (QED) is 0.267. The van der Waals surface area contributed by atoms with Crippen LogP contribution in [-0.2, 0) is 6.42 Å². The minimum absolute atomic E-state index is 0.616. The highest BCUT2D eigenvalue weighted by atomic mass is 32.2. The van der Waals surface area contributed by atoms with Crippen LogP contribution in [0.3, 0.4) is 0 Å². The molecule has 38 heavy (non-hydrogen) atoms. The van der Waals surface area contributed by atoms with Crippen molar-refractivity contribution >= 4 is 22.4 Å². The molecule has 0 heterocycles. The summed E-state index contributed by atoms with van der Waals surface area (Å²) < 4.78 is 0. The van der Waals surface area contributed by atoms with Crippen LogP contribution in [0.15, 0.2) is 73.5 Å². The van der Waals surface area contributed by atoms with E-state index in [0.29, 0.717) is 17.8 Å². The van der Waals surface area contributed by atoms with Crippen molar-refractivity contribution in [2.45, 2.75) is 90.9 Å². The number of benzene rings is 2. The zero-order chi connectivity index (χ0) is 27.1. The van der Waals surface area contributed by atoms with Gasteiger partial charge in [-0.05, 0) is 111 Å². The predicted octanol–water partition coefficient (Wildman–Crippen LogP) is 10.7. The van der Waals surface area contributed by atoms with Gasteiger partial charge in [0.1, 0.15) is 0 Å². The van der Waals surface area contributed by atoms with Gasteiger partial charge in [-0.2, -0.15) is 0 Å². The first-order valence-electron chi connectivity index (χ1n) is 15.0. The highest BCUT2D eigenvalue weighted by molar-refractivity contribution is 8.08. The van der Waals surface area contributed by atoms with E-state index in [1.807, 2.05) is 0 Å². The van der Waals surface area contributed by atoms with Gasteiger partial charge < -0.3 is 4.90 Å². The van der Waals surface area contributed by atoms with Crippen LogP contribution in [0, 0.1) is 18.8 Å². The van der Waals surface area contributed by atoms with E-state index in [4.69, 9.17) is 6.58 Å². The average Bonchev–Trinajstić information content (AvgIpc) is 2.95. The van der Waals surface area contributed by atoms with Gasteiger partial charge in [-0.1, -0.05) is 81.8 Å². The van der Waals surface area contributed by atoms with Crippen LogP contribution in [0.4, 0.5) is 5.69 Å². The van der Waals surface area contributed by atoms with Gasteiger partial charge in [0, 0.05) is 28.6 Å².